The van der Waals surface area contributed by atoms with Gasteiger partial charge in [0, 0.05) is 12.0 Å². The molecule has 0 unspecified atom stereocenters. The van der Waals surface area contributed by atoms with Crippen LogP contribution in [0.15, 0.2) is 0 Å². The van der Waals surface area contributed by atoms with Gasteiger partial charge in [-0.15, -0.1) is 0 Å². The molecule has 0 aliphatic heterocycles. The summed E-state index contributed by atoms with van der Waals surface area (Å²) in [6.07, 6.45) is 0. The Morgan fingerprint density at radius 3 is 2.60 bits per heavy atom. The molecule has 0 saturated carbocycles. The normalized spacial score (nSPS) is 12.4. The van der Waals surface area contributed by atoms with Crippen molar-refractivity contribution in [2.75, 3.05) is 6.61 Å². The number of rotatable bonds is 4. The second-order valence-electron chi connectivity index (χ2n) is 4.90. The lowest BCUT2D eigenvalue weighted by atomic mass is 9.93. The minimum atomic E-state index is -0.359. The second-order valence-corrected chi connectivity index (χ2v) is 5.29. The molecule has 0 saturated heterocycles. The van der Waals surface area contributed by atoms with E-state index in [0.717, 1.165) is 12.4 Å². The van der Waals surface area contributed by atoms with E-state index in [9.17, 15) is 5.11 Å². The van der Waals surface area contributed by atoms with Crippen LogP contribution in [0.5, 0.6) is 0 Å². The summed E-state index contributed by atoms with van der Waals surface area (Å²) in [7, 11) is 0. The Morgan fingerprint density at radius 1 is 1.53 bits per heavy atom. The van der Waals surface area contributed by atoms with Gasteiger partial charge in [0.25, 0.3) is 0 Å². The van der Waals surface area contributed by atoms with Crippen LogP contribution in [-0.4, -0.2) is 26.5 Å². The monoisotopic (exact) mass is 229 g/mol. The van der Waals surface area contributed by atoms with Crippen LogP contribution < -0.4 is 0 Å². The number of aliphatic hydroxyl groups is 1. The van der Waals surface area contributed by atoms with Gasteiger partial charge in [0.15, 0.2) is 4.77 Å². The molecule has 86 valence electrons. The predicted molar refractivity (Wildman–Crippen MR) is 62.4 cm³/mol. The minimum Gasteiger partial charge on any atom is -0.395 e. The molecule has 0 bridgehead atoms. The van der Waals surface area contributed by atoms with Crippen molar-refractivity contribution in [2.24, 2.45) is 5.92 Å². The molecule has 15 heavy (non-hydrogen) atoms. The first-order chi connectivity index (χ1) is 6.88. The summed E-state index contributed by atoms with van der Waals surface area (Å²) in [6, 6.07) is 0. The highest BCUT2D eigenvalue weighted by molar-refractivity contribution is 7.71. The van der Waals surface area contributed by atoms with Crippen LogP contribution in [0.4, 0.5) is 0 Å². The molecule has 0 atom stereocenters. The smallest absolute Gasteiger partial charge is 0.195 e. The predicted octanol–water partition coefficient (Wildman–Crippen LogP) is 1.87. The van der Waals surface area contributed by atoms with E-state index in [0.29, 0.717) is 10.7 Å². The van der Waals surface area contributed by atoms with E-state index in [-0.39, 0.29) is 12.0 Å². The molecule has 0 spiro atoms. The Labute approximate surface area is 95.3 Å². The highest BCUT2D eigenvalue weighted by Gasteiger charge is 2.26. The maximum atomic E-state index is 9.31. The van der Waals surface area contributed by atoms with Crippen molar-refractivity contribution < 1.29 is 5.11 Å². The van der Waals surface area contributed by atoms with E-state index in [1.54, 1.807) is 0 Å². The lowest BCUT2D eigenvalue weighted by molar-refractivity contribution is 0.206. The first-order valence-corrected chi connectivity index (χ1v) is 5.56. The quantitative estimate of drug-likeness (QED) is 0.775. The van der Waals surface area contributed by atoms with Crippen molar-refractivity contribution in [3.63, 3.8) is 0 Å². The lowest BCUT2D eigenvalue weighted by Crippen LogP contribution is -2.28. The number of hydrogen-bond acceptors (Lipinski definition) is 3. The van der Waals surface area contributed by atoms with Crippen molar-refractivity contribution in [1.29, 1.82) is 0 Å². The number of aliphatic hydroxyl groups excluding tert-OH is 1. The fourth-order valence-corrected chi connectivity index (χ4v) is 1.65. The van der Waals surface area contributed by atoms with E-state index >= 15 is 0 Å². The molecule has 1 aromatic rings. The van der Waals surface area contributed by atoms with Gasteiger partial charge in [0.1, 0.15) is 5.82 Å². The van der Waals surface area contributed by atoms with Gasteiger partial charge in [0.05, 0.1) is 6.61 Å². The van der Waals surface area contributed by atoms with Crippen LogP contribution in [0.25, 0.3) is 0 Å². The van der Waals surface area contributed by atoms with Crippen molar-refractivity contribution in [2.45, 2.75) is 39.7 Å². The molecular weight excluding hydrogens is 210 g/mol. The maximum Gasteiger partial charge on any atom is 0.195 e. The molecule has 4 nitrogen and oxygen atoms in total. The zero-order valence-electron chi connectivity index (χ0n) is 9.74. The number of hydrogen-bond donors (Lipinski definition) is 2. The topological polar surface area (TPSA) is 53.8 Å². The van der Waals surface area contributed by atoms with E-state index in [4.69, 9.17) is 12.2 Å². The fraction of sp³-hybridized carbons (Fsp3) is 0.800. The Bertz CT molecular complexity index is 378. The number of nitrogens with zero attached hydrogens (tertiary/aromatic N) is 2. The maximum absolute atomic E-state index is 9.31. The molecule has 0 amide bonds. The molecule has 0 aromatic carbocycles. The summed E-state index contributed by atoms with van der Waals surface area (Å²) in [5.41, 5.74) is -0.359. The molecule has 1 rings (SSSR count). The van der Waals surface area contributed by atoms with Crippen LogP contribution in [0, 0.1) is 10.7 Å². The van der Waals surface area contributed by atoms with Crippen molar-refractivity contribution in [3.05, 3.63) is 10.6 Å². The Hall–Kier alpha value is -0.680. The zero-order chi connectivity index (χ0) is 11.6. The molecule has 0 aliphatic carbocycles. The van der Waals surface area contributed by atoms with E-state index in [1.807, 2.05) is 18.4 Å². The van der Waals surface area contributed by atoms with Crippen LogP contribution >= 0.6 is 12.2 Å². The molecule has 5 heteroatoms. The summed E-state index contributed by atoms with van der Waals surface area (Å²) >= 11 is 5.17. The second kappa shape index (κ2) is 4.45. The van der Waals surface area contributed by atoms with E-state index in [2.05, 4.69) is 24.0 Å². The average Bonchev–Trinajstić information content (AvgIpc) is 2.48. The molecule has 0 aliphatic rings. The van der Waals surface area contributed by atoms with Gasteiger partial charge in [-0.1, -0.05) is 27.7 Å². The molecule has 1 heterocycles. The van der Waals surface area contributed by atoms with Crippen molar-refractivity contribution in [3.8, 4) is 0 Å². The van der Waals surface area contributed by atoms with Gasteiger partial charge >= 0.3 is 0 Å². The third-order valence-corrected chi connectivity index (χ3v) is 2.62. The van der Waals surface area contributed by atoms with Crippen LogP contribution in [0.2, 0.25) is 0 Å². The standard InChI is InChI=1S/C10H19N3OS/c1-7(2)5-13-8(10(3,4)6-14)11-12-9(13)15/h7,14H,5-6H2,1-4H3,(H,12,15). The molecule has 0 fully saturated rings. The largest absolute Gasteiger partial charge is 0.395 e. The third kappa shape index (κ3) is 2.66. The molecule has 2 N–H and O–H groups in total. The first kappa shape index (κ1) is 12.4. The summed E-state index contributed by atoms with van der Waals surface area (Å²) in [5.74, 6) is 1.33. The van der Waals surface area contributed by atoms with E-state index in [1.165, 1.54) is 0 Å². The van der Waals surface area contributed by atoms with Gasteiger partial charge in [-0.05, 0) is 18.1 Å². The van der Waals surface area contributed by atoms with Crippen molar-refractivity contribution >= 4 is 12.2 Å². The molecule has 1 aromatic heterocycles. The van der Waals surface area contributed by atoms with Crippen molar-refractivity contribution in [1.82, 2.24) is 14.8 Å². The first-order valence-electron chi connectivity index (χ1n) is 5.15. The van der Waals surface area contributed by atoms with Gasteiger partial charge in [-0.3, -0.25) is 5.10 Å². The fourth-order valence-electron chi connectivity index (χ4n) is 1.44. The molecular formula is C10H19N3OS. The highest BCUT2D eigenvalue weighted by Crippen LogP contribution is 2.21. The summed E-state index contributed by atoms with van der Waals surface area (Å²) in [6.45, 7) is 9.05. The number of H-pyrrole nitrogens is 1. The SMILES string of the molecule is CC(C)Cn1c(C(C)(C)CO)n[nH]c1=S. The van der Waals surface area contributed by atoms with Gasteiger partial charge in [0.2, 0.25) is 0 Å². The molecule has 0 radical (unpaired) electrons. The highest BCUT2D eigenvalue weighted by atomic mass is 32.1. The van der Waals surface area contributed by atoms with Crippen LogP contribution in [0.1, 0.15) is 33.5 Å². The summed E-state index contributed by atoms with van der Waals surface area (Å²) < 4.78 is 2.59. The summed E-state index contributed by atoms with van der Waals surface area (Å²) in [5, 5.41) is 16.3. The number of aromatic amines is 1. The average molecular weight is 229 g/mol. The van der Waals surface area contributed by atoms with Crippen LogP contribution in [0.3, 0.4) is 0 Å². The number of nitrogens with one attached hydrogen (secondary N) is 1. The van der Waals surface area contributed by atoms with Gasteiger partial charge < -0.3 is 9.67 Å². The lowest BCUT2D eigenvalue weighted by Gasteiger charge is -2.22. The third-order valence-electron chi connectivity index (χ3n) is 2.31. The Morgan fingerprint density at radius 2 is 2.13 bits per heavy atom. The summed E-state index contributed by atoms with van der Waals surface area (Å²) in [4.78, 5) is 0. The Balaban J connectivity index is 3.14. The number of aromatic nitrogens is 3. The Kier molecular flexibility index (Phi) is 3.67. The minimum absolute atomic E-state index is 0.0602. The van der Waals surface area contributed by atoms with E-state index < -0.39 is 0 Å². The zero-order valence-corrected chi connectivity index (χ0v) is 10.6. The van der Waals surface area contributed by atoms with Gasteiger partial charge in [-0.25, -0.2) is 0 Å². The van der Waals surface area contributed by atoms with Gasteiger partial charge in [-0.2, -0.15) is 5.10 Å². The van der Waals surface area contributed by atoms with Crippen LogP contribution in [-0.2, 0) is 12.0 Å².